The Morgan fingerprint density at radius 1 is 1.15 bits per heavy atom. The number of halogens is 1. The second-order valence-corrected chi connectivity index (χ2v) is 6.49. The second kappa shape index (κ2) is 9.51. The molecule has 0 spiro atoms. The normalized spacial score (nSPS) is 16.6. The zero-order chi connectivity index (χ0) is 19.1. The van der Waals surface area contributed by atoms with Crippen LogP contribution in [0.5, 0.6) is 0 Å². The fourth-order valence-electron chi connectivity index (χ4n) is 2.71. The maximum absolute atomic E-state index is 12.2. The summed E-state index contributed by atoms with van der Waals surface area (Å²) in [5.41, 5.74) is 0.595. The molecule has 1 atom stereocenters. The molecule has 1 saturated heterocycles. The molecule has 0 radical (unpaired) electrons. The van der Waals surface area contributed by atoms with Crippen molar-refractivity contribution in [1.29, 1.82) is 0 Å². The number of anilines is 1. The molecule has 1 unspecified atom stereocenters. The van der Waals surface area contributed by atoms with Gasteiger partial charge < -0.3 is 10.6 Å². The van der Waals surface area contributed by atoms with Crippen molar-refractivity contribution >= 4 is 35.1 Å². The fourth-order valence-corrected chi connectivity index (χ4v) is 2.89. The number of hydrogen-bond donors (Lipinski definition) is 3. The number of piperazine rings is 1. The van der Waals surface area contributed by atoms with Gasteiger partial charge in [0.15, 0.2) is 0 Å². The van der Waals surface area contributed by atoms with E-state index in [2.05, 4.69) is 16.0 Å². The molecule has 3 N–H and O–H groups in total. The Bertz CT molecular complexity index is 662. The number of para-hydroxylation sites is 1. The number of urea groups is 1. The predicted octanol–water partition coefficient (Wildman–Crippen LogP) is 0.740. The summed E-state index contributed by atoms with van der Waals surface area (Å²) in [4.78, 5) is 39.4. The number of nitrogens with one attached hydrogen (secondary N) is 3. The summed E-state index contributed by atoms with van der Waals surface area (Å²) in [5, 5.41) is 7.94. The molecule has 1 fully saturated rings. The predicted molar refractivity (Wildman–Crippen MR) is 100 cm³/mol. The van der Waals surface area contributed by atoms with Crippen molar-refractivity contribution in [3.8, 4) is 0 Å². The number of carbonyl (C=O) groups excluding carboxylic acids is 3. The molecule has 0 aromatic heterocycles. The fraction of sp³-hybridized carbons (Fsp3) is 0.471. The van der Waals surface area contributed by atoms with Crippen molar-refractivity contribution in [2.75, 3.05) is 45.1 Å². The SMILES string of the molecule is CNC(=O)NC(=O)C(C)N1CCN(CC(=O)Nc2ccccc2Cl)CC1. The van der Waals surface area contributed by atoms with E-state index in [0.29, 0.717) is 36.9 Å². The lowest BCUT2D eigenvalue weighted by Gasteiger charge is -2.36. The van der Waals surface area contributed by atoms with Gasteiger partial charge in [-0.3, -0.25) is 24.7 Å². The Kier molecular flexibility index (Phi) is 7.38. The van der Waals surface area contributed by atoms with Crippen LogP contribution in [0.1, 0.15) is 6.92 Å². The highest BCUT2D eigenvalue weighted by Crippen LogP contribution is 2.20. The van der Waals surface area contributed by atoms with E-state index in [0.717, 1.165) is 0 Å². The number of rotatable bonds is 5. The topological polar surface area (TPSA) is 93.8 Å². The van der Waals surface area contributed by atoms with Crippen LogP contribution in [-0.2, 0) is 9.59 Å². The summed E-state index contributed by atoms with van der Waals surface area (Å²) in [6, 6.07) is 6.17. The highest BCUT2D eigenvalue weighted by atomic mass is 35.5. The first-order valence-electron chi connectivity index (χ1n) is 8.44. The monoisotopic (exact) mass is 381 g/mol. The summed E-state index contributed by atoms with van der Waals surface area (Å²) >= 11 is 6.04. The summed E-state index contributed by atoms with van der Waals surface area (Å²) in [5.74, 6) is -0.466. The lowest BCUT2D eigenvalue weighted by Crippen LogP contribution is -2.56. The molecule has 1 aliphatic heterocycles. The van der Waals surface area contributed by atoms with E-state index < -0.39 is 12.1 Å². The van der Waals surface area contributed by atoms with Gasteiger partial charge in [-0.15, -0.1) is 0 Å². The van der Waals surface area contributed by atoms with Crippen LogP contribution in [0.3, 0.4) is 0 Å². The summed E-state index contributed by atoms with van der Waals surface area (Å²) in [7, 11) is 1.46. The maximum Gasteiger partial charge on any atom is 0.321 e. The quantitative estimate of drug-likeness (QED) is 0.699. The minimum absolute atomic E-state index is 0.128. The van der Waals surface area contributed by atoms with Crippen LogP contribution in [0.2, 0.25) is 5.02 Å². The molecule has 8 nitrogen and oxygen atoms in total. The molecule has 1 aliphatic rings. The van der Waals surface area contributed by atoms with Crippen LogP contribution >= 0.6 is 11.6 Å². The number of imide groups is 1. The van der Waals surface area contributed by atoms with E-state index in [4.69, 9.17) is 11.6 Å². The third-order valence-corrected chi connectivity index (χ3v) is 4.64. The Morgan fingerprint density at radius 3 is 2.42 bits per heavy atom. The largest absolute Gasteiger partial charge is 0.341 e. The van der Waals surface area contributed by atoms with Crippen LogP contribution < -0.4 is 16.0 Å². The summed E-state index contributed by atoms with van der Waals surface area (Å²) < 4.78 is 0. The van der Waals surface area contributed by atoms with Crippen molar-refractivity contribution in [1.82, 2.24) is 20.4 Å². The van der Waals surface area contributed by atoms with Gasteiger partial charge in [0.25, 0.3) is 0 Å². The Labute approximate surface area is 157 Å². The minimum atomic E-state index is -0.517. The van der Waals surface area contributed by atoms with Crippen LogP contribution in [0.25, 0.3) is 0 Å². The molecule has 1 aromatic carbocycles. The van der Waals surface area contributed by atoms with Gasteiger partial charge in [-0.25, -0.2) is 4.79 Å². The van der Waals surface area contributed by atoms with Crippen LogP contribution in [0.15, 0.2) is 24.3 Å². The van der Waals surface area contributed by atoms with Crippen molar-refractivity contribution in [2.45, 2.75) is 13.0 Å². The standard InChI is InChI=1S/C17H24ClN5O3/c1-12(16(25)21-17(26)19-2)23-9-7-22(8-10-23)11-15(24)20-14-6-4-3-5-13(14)18/h3-6,12H,7-11H2,1-2H3,(H,20,24)(H2,19,21,25,26). The molecule has 0 aliphatic carbocycles. The van der Waals surface area contributed by atoms with Gasteiger partial charge in [-0.2, -0.15) is 0 Å². The molecule has 1 aromatic rings. The van der Waals surface area contributed by atoms with Crippen molar-refractivity contribution in [3.63, 3.8) is 0 Å². The van der Waals surface area contributed by atoms with Gasteiger partial charge in [0, 0.05) is 33.2 Å². The molecule has 2 rings (SSSR count). The zero-order valence-corrected chi connectivity index (χ0v) is 15.7. The van der Waals surface area contributed by atoms with E-state index in [9.17, 15) is 14.4 Å². The molecule has 0 bridgehead atoms. The van der Waals surface area contributed by atoms with Gasteiger partial charge in [-0.1, -0.05) is 23.7 Å². The lowest BCUT2D eigenvalue weighted by molar-refractivity contribution is -0.126. The third kappa shape index (κ3) is 5.69. The average Bonchev–Trinajstić information content (AvgIpc) is 2.63. The molecule has 9 heteroatoms. The lowest BCUT2D eigenvalue weighted by atomic mass is 10.2. The van der Waals surface area contributed by atoms with E-state index in [1.54, 1.807) is 25.1 Å². The summed E-state index contributed by atoms with van der Waals surface area (Å²) in [6.07, 6.45) is 0. The highest BCUT2D eigenvalue weighted by molar-refractivity contribution is 6.33. The van der Waals surface area contributed by atoms with Gasteiger partial charge in [0.2, 0.25) is 11.8 Å². The van der Waals surface area contributed by atoms with Gasteiger partial charge >= 0.3 is 6.03 Å². The van der Waals surface area contributed by atoms with E-state index in [1.807, 2.05) is 15.9 Å². The number of benzene rings is 1. The number of hydrogen-bond acceptors (Lipinski definition) is 5. The van der Waals surface area contributed by atoms with Crippen molar-refractivity contribution in [3.05, 3.63) is 29.3 Å². The second-order valence-electron chi connectivity index (χ2n) is 6.08. The maximum atomic E-state index is 12.2. The average molecular weight is 382 g/mol. The minimum Gasteiger partial charge on any atom is -0.341 e. The Balaban J connectivity index is 1.77. The van der Waals surface area contributed by atoms with Crippen molar-refractivity contribution < 1.29 is 14.4 Å². The molecule has 1 heterocycles. The number of amides is 4. The number of carbonyl (C=O) groups is 3. The Morgan fingerprint density at radius 2 is 1.81 bits per heavy atom. The molecular weight excluding hydrogens is 358 g/mol. The first-order valence-corrected chi connectivity index (χ1v) is 8.82. The first kappa shape index (κ1) is 20.2. The summed E-state index contributed by atoms with van der Waals surface area (Å²) in [6.45, 7) is 4.63. The van der Waals surface area contributed by atoms with Gasteiger partial charge in [0.1, 0.15) is 0 Å². The number of nitrogens with zero attached hydrogens (tertiary/aromatic N) is 2. The molecule has 142 valence electrons. The van der Waals surface area contributed by atoms with E-state index >= 15 is 0 Å². The molecule has 0 saturated carbocycles. The van der Waals surface area contributed by atoms with Crippen molar-refractivity contribution in [2.24, 2.45) is 0 Å². The van der Waals surface area contributed by atoms with Gasteiger partial charge in [0.05, 0.1) is 23.3 Å². The Hall–Kier alpha value is -2.16. The van der Waals surface area contributed by atoms with Crippen LogP contribution in [0, 0.1) is 0 Å². The molecular formula is C17H24ClN5O3. The molecule has 26 heavy (non-hydrogen) atoms. The van der Waals surface area contributed by atoms with E-state index in [1.165, 1.54) is 7.05 Å². The zero-order valence-electron chi connectivity index (χ0n) is 14.9. The third-order valence-electron chi connectivity index (χ3n) is 4.31. The first-order chi connectivity index (χ1) is 12.4. The van der Waals surface area contributed by atoms with Crippen LogP contribution in [0.4, 0.5) is 10.5 Å². The molecule has 4 amide bonds. The van der Waals surface area contributed by atoms with E-state index in [-0.39, 0.29) is 18.4 Å². The van der Waals surface area contributed by atoms with Crippen LogP contribution in [-0.4, -0.2) is 73.5 Å². The highest BCUT2D eigenvalue weighted by Gasteiger charge is 2.27. The van der Waals surface area contributed by atoms with Gasteiger partial charge in [-0.05, 0) is 19.1 Å². The smallest absolute Gasteiger partial charge is 0.321 e.